The third-order valence-corrected chi connectivity index (χ3v) is 5.22. The van der Waals surface area contributed by atoms with Crippen molar-refractivity contribution in [3.8, 4) is 0 Å². The second-order valence-corrected chi connectivity index (χ2v) is 8.25. The number of rotatable bonds is 4. The largest absolute Gasteiger partial charge is 0.329 e. The monoisotopic (exact) mass is 297 g/mol. The molecule has 3 N–H and O–H groups in total. The van der Waals surface area contributed by atoms with Gasteiger partial charge in [-0.25, -0.2) is 13.9 Å². The Morgan fingerprint density at radius 1 is 1.47 bits per heavy atom. The van der Waals surface area contributed by atoms with E-state index in [1.165, 1.54) is 0 Å². The molecule has 1 unspecified atom stereocenters. The van der Waals surface area contributed by atoms with Gasteiger partial charge in [-0.15, -0.1) is 11.3 Å². The van der Waals surface area contributed by atoms with Crippen LogP contribution in [0.25, 0.3) is 10.2 Å². The summed E-state index contributed by atoms with van der Waals surface area (Å²) >= 11 is 1.61. The van der Waals surface area contributed by atoms with Crippen LogP contribution >= 0.6 is 11.3 Å². The molecule has 0 amide bonds. The van der Waals surface area contributed by atoms with Crippen molar-refractivity contribution in [2.75, 3.05) is 6.54 Å². The lowest BCUT2D eigenvalue weighted by Crippen LogP contribution is -2.38. The Kier molecular flexibility index (Phi) is 4.35. The summed E-state index contributed by atoms with van der Waals surface area (Å²) in [4.78, 5) is 4.30. The second kappa shape index (κ2) is 5.66. The fraction of sp³-hybridized carbons (Fsp3) is 0.462. The number of fused-ring (bicyclic) bond motifs is 1. The van der Waals surface area contributed by atoms with Crippen LogP contribution in [0.15, 0.2) is 23.7 Å². The van der Waals surface area contributed by atoms with Crippen molar-refractivity contribution in [1.82, 2.24) is 9.71 Å². The molecule has 0 aliphatic rings. The molecule has 0 saturated carbocycles. The van der Waals surface area contributed by atoms with E-state index in [2.05, 4.69) is 9.71 Å². The van der Waals surface area contributed by atoms with Gasteiger partial charge in [-0.3, -0.25) is 0 Å². The first-order chi connectivity index (χ1) is 8.91. The summed E-state index contributed by atoms with van der Waals surface area (Å²) in [6.45, 7) is 6.21. The summed E-state index contributed by atoms with van der Waals surface area (Å²) in [5.74, 6) is 0. The lowest BCUT2D eigenvalue weighted by molar-refractivity contribution is 0.602. The molecule has 0 fully saturated rings. The molecule has 1 aromatic carbocycles. The van der Waals surface area contributed by atoms with Crippen molar-refractivity contribution in [3.05, 3.63) is 29.3 Å². The Morgan fingerprint density at radius 2 is 2.21 bits per heavy atom. The van der Waals surface area contributed by atoms with E-state index in [0.29, 0.717) is 6.54 Å². The Morgan fingerprint density at radius 3 is 2.84 bits per heavy atom. The van der Waals surface area contributed by atoms with Crippen molar-refractivity contribution < 1.29 is 4.21 Å². The third kappa shape index (κ3) is 3.39. The van der Waals surface area contributed by atoms with Gasteiger partial charge in [0, 0.05) is 6.54 Å². The Labute approximate surface area is 120 Å². The summed E-state index contributed by atoms with van der Waals surface area (Å²) in [5, 5.41) is 0. The molecule has 104 valence electrons. The molecule has 6 heteroatoms. The van der Waals surface area contributed by atoms with Gasteiger partial charge in [-0.05, 0) is 38.5 Å². The van der Waals surface area contributed by atoms with Crippen LogP contribution in [0.5, 0.6) is 0 Å². The van der Waals surface area contributed by atoms with E-state index in [1.54, 1.807) is 11.3 Å². The molecule has 1 aromatic heterocycles. The minimum Gasteiger partial charge on any atom is -0.329 e. The zero-order valence-corrected chi connectivity index (χ0v) is 13.0. The quantitative estimate of drug-likeness (QED) is 0.910. The summed E-state index contributed by atoms with van der Waals surface area (Å²) in [6.07, 6.45) is 0. The average molecular weight is 297 g/mol. The van der Waals surface area contributed by atoms with Gasteiger partial charge in [0.05, 0.1) is 37.5 Å². The first-order valence-corrected chi connectivity index (χ1v) is 8.16. The fourth-order valence-electron chi connectivity index (χ4n) is 1.65. The molecular formula is C13H19N3OS2. The summed E-state index contributed by atoms with van der Waals surface area (Å²) in [7, 11) is -1.14. The van der Waals surface area contributed by atoms with E-state index < -0.39 is 11.0 Å². The molecular weight excluding hydrogens is 278 g/mol. The van der Waals surface area contributed by atoms with Gasteiger partial charge >= 0.3 is 0 Å². The van der Waals surface area contributed by atoms with E-state index in [0.717, 1.165) is 15.8 Å². The van der Waals surface area contributed by atoms with E-state index in [9.17, 15) is 4.21 Å². The second-order valence-electron chi connectivity index (χ2n) is 5.37. The van der Waals surface area contributed by atoms with Gasteiger partial charge in [0.2, 0.25) is 0 Å². The van der Waals surface area contributed by atoms with Crippen molar-refractivity contribution in [2.45, 2.75) is 31.6 Å². The van der Waals surface area contributed by atoms with E-state index in [-0.39, 0.29) is 10.8 Å². The zero-order valence-electron chi connectivity index (χ0n) is 11.3. The van der Waals surface area contributed by atoms with Crippen molar-refractivity contribution in [2.24, 2.45) is 5.73 Å². The maximum atomic E-state index is 12.2. The Bertz CT molecular complexity index is 589. The molecule has 0 bridgehead atoms. The van der Waals surface area contributed by atoms with Crippen molar-refractivity contribution in [1.29, 1.82) is 0 Å². The van der Waals surface area contributed by atoms with Gasteiger partial charge in [0.1, 0.15) is 0 Å². The summed E-state index contributed by atoms with van der Waals surface area (Å²) in [5.41, 5.74) is 9.62. The van der Waals surface area contributed by atoms with E-state index >= 15 is 0 Å². The van der Waals surface area contributed by atoms with Crippen LogP contribution < -0.4 is 10.5 Å². The number of nitrogens with zero attached hydrogens (tertiary/aromatic N) is 1. The van der Waals surface area contributed by atoms with Gasteiger partial charge in [0.25, 0.3) is 0 Å². The first kappa shape index (κ1) is 14.6. The normalized spacial score (nSPS) is 15.6. The maximum Gasteiger partial charge on any atom is 0.0976 e. The number of aromatic nitrogens is 1. The highest BCUT2D eigenvalue weighted by atomic mass is 32.2. The summed E-state index contributed by atoms with van der Waals surface area (Å²) < 4.78 is 16.1. The van der Waals surface area contributed by atoms with Crippen LogP contribution in [-0.4, -0.2) is 20.5 Å². The Hall–Kier alpha value is -0.820. The molecule has 0 saturated heterocycles. The SMILES string of the molecule is CC(C)(C)S(=O)N[C@@H](CN)c1ccc2scnc2c1. The zero-order chi connectivity index (χ0) is 14.0. The topological polar surface area (TPSA) is 68.0 Å². The highest BCUT2D eigenvalue weighted by Gasteiger charge is 2.23. The molecule has 0 aliphatic heterocycles. The van der Waals surface area contributed by atoms with Crippen molar-refractivity contribution in [3.63, 3.8) is 0 Å². The number of nitrogens with one attached hydrogen (secondary N) is 1. The molecule has 4 nitrogen and oxygen atoms in total. The smallest absolute Gasteiger partial charge is 0.0976 e. The molecule has 2 atom stereocenters. The molecule has 2 aromatic rings. The highest BCUT2D eigenvalue weighted by Crippen LogP contribution is 2.23. The maximum absolute atomic E-state index is 12.2. The van der Waals surface area contributed by atoms with Gasteiger partial charge in [-0.2, -0.15) is 0 Å². The van der Waals surface area contributed by atoms with Gasteiger partial charge in [-0.1, -0.05) is 6.07 Å². The van der Waals surface area contributed by atoms with Crippen molar-refractivity contribution >= 4 is 32.5 Å². The molecule has 0 radical (unpaired) electrons. The van der Waals surface area contributed by atoms with Crippen LogP contribution in [0.2, 0.25) is 0 Å². The first-order valence-electron chi connectivity index (χ1n) is 6.13. The number of benzene rings is 1. The van der Waals surface area contributed by atoms with Crippen LogP contribution in [0, 0.1) is 0 Å². The number of hydrogen-bond acceptors (Lipinski definition) is 4. The van der Waals surface area contributed by atoms with Crippen LogP contribution in [0.4, 0.5) is 0 Å². The molecule has 2 rings (SSSR count). The summed E-state index contributed by atoms with van der Waals surface area (Å²) in [6, 6.07) is 5.94. The predicted octanol–water partition coefficient (Wildman–Crippen LogP) is 2.35. The highest BCUT2D eigenvalue weighted by molar-refractivity contribution is 7.84. The molecule has 0 spiro atoms. The average Bonchev–Trinajstić information content (AvgIpc) is 2.81. The predicted molar refractivity (Wildman–Crippen MR) is 82.4 cm³/mol. The van der Waals surface area contributed by atoms with Gasteiger partial charge < -0.3 is 5.73 Å². The molecule has 19 heavy (non-hydrogen) atoms. The lowest BCUT2D eigenvalue weighted by Gasteiger charge is -2.23. The standard InChI is InChI=1S/C13H19N3OS2/c1-13(2,3)19(17)16-11(7-14)9-4-5-12-10(6-9)15-8-18-12/h4-6,8,11,16H,7,14H2,1-3H3/t11-,19?/m0/s1. The van der Waals surface area contributed by atoms with Crippen LogP contribution in [0.1, 0.15) is 32.4 Å². The van der Waals surface area contributed by atoms with Crippen LogP contribution in [0.3, 0.4) is 0 Å². The molecule has 1 heterocycles. The third-order valence-electron chi connectivity index (χ3n) is 2.80. The number of nitrogens with two attached hydrogens (primary N) is 1. The van der Waals surface area contributed by atoms with Crippen LogP contribution in [-0.2, 0) is 11.0 Å². The lowest BCUT2D eigenvalue weighted by atomic mass is 10.1. The fourth-order valence-corrected chi connectivity index (χ4v) is 3.15. The van der Waals surface area contributed by atoms with Gasteiger partial charge in [0.15, 0.2) is 0 Å². The van der Waals surface area contributed by atoms with E-state index in [4.69, 9.17) is 5.73 Å². The minimum absolute atomic E-state index is 0.119. The number of thiazole rings is 1. The number of hydrogen-bond donors (Lipinski definition) is 2. The minimum atomic E-state index is -1.14. The van der Waals surface area contributed by atoms with E-state index in [1.807, 2.05) is 44.5 Å². The molecule has 0 aliphatic carbocycles. The Balaban J connectivity index is 2.23.